The Labute approximate surface area is 130 Å². The molecule has 0 spiro atoms. The van der Waals surface area contributed by atoms with Crippen LogP contribution in [0, 0.1) is 5.82 Å². The lowest BCUT2D eigenvalue weighted by Crippen LogP contribution is -2.23. The summed E-state index contributed by atoms with van der Waals surface area (Å²) in [7, 11) is 0. The average molecular weight is 357 g/mol. The molecule has 0 aliphatic heterocycles. The summed E-state index contributed by atoms with van der Waals surface area (Å²) in [6.45, 7) is 0.408. The Morgan fingerprint density at radius 1 is 1.15 bits per heavy atom. The van der Waals surface area contributed by atoms with Gasteiger partial charge < -0.3 is 5.32 Å². The van der Waals surface area contributed by atoms with Gasteiger partial charge in [0.2, 0.25) is 0 Å². The molecule has 2 aromatic rings. The van der Waals surface area contributed by atoms with Gasteiger partial charge in [-0.25, -0.2) is 4.39 Å². The Kier molecular flexibility index (Phi) is 5.15. The summed E-state index contributed by atoms with van der Waals surface area (Å²) in [5.74, 6) is -0.168. The van der Waals surface area contributed by atoms with Gasteiger partial charge in [-0.2, -0.15) is 0 Å². The van der Waals surface area contributed by atoms with Crippen LogP contribution in [-0.2, 0) is 12.4 Å². The molecule has 0 saturated carbocycles. The normalized spacial score (nSPS) is 10.3. The van der Waals surface area contributed by atoms with E-state index in [9.17, 15) is 9.18 Å². The van der Waals surface area contributed by atoms with Crippen LogP contribution in [0.4, 0.5) is 4.39 Å². The number of nitrogens with one attached hydrogen (secondary N) is 1. The Hall–Kier alpha value is -1.39. The summed E-state index contributed by atoms with van der Waals surface area (Å²) in [6, 6.07) is 11.6. The summed E-state index contributed by atoms with van der Waals surface area (Å²) >= 11 is 8.89. The third-order valence-corrected chi connectivity index (χ3v) is 3.77. The largest absolute Gasteiger partial charge is 0.348 e. The molecule has 0 fully saturated rings. The molecule has 0 aliphatic rings. The first kappa shape index (κ1) is 15.0. The summed E-state index contributed by atoms with van der Waals surface area (Å²) < 4.78 is 13.4. The van der Waals surface area contributed by atoms with Crippen molar-refractivity contribution in [3.63, 3.8) is 0 Å². The predicted molar refractivity (Wildman–Crippen MR) is 81.3 cm³/mol. The molecule has 1 amide bonds. The van der Waals surface area contributed by atoms with E-state index in [4.69, 9.17) is 11.6 Å². The van der Waals surface area contributed by atoms with Crippen molar-refractivity contribution in [1.82, 2.24) is 5.32 Å². The van der Waals surface area contributed by atoms with Crippen LogP contribution in [0.2, 0.25) is 0 Å². The number of rotatable bonds is 4. The third-order valence-electron chi connectivity index (χ3n) is 2.81. The monoisotopic (exact) mass is 355 g/mol. The summed E-state index contributed by atoms with van der Waals surface area (Å²) in [5.41, 5.74) is 2.41. The molecule has 2 nitrogen and oxygen atoms in total. The maximum atomic E-state index is 13.0. The topological polar surface area (TPSA) is 29.1 Å². The second kappa shape index (κ2) is 6.86. The smallest absolute Gasteiger partial charge is 0.252 e. The first-order valence-electron chi connectivity index (χ1n) is 5.97. The molecular weight excluding hydrogens is 345 g/mol. The van der Waals surface area contributed by atoms with Gasteiger partial charge in [-0.1, -0.05) is 24.3 Å². The number of hydrogen-bond donors (Lipinski definition) is 1. The number of benzene rings is 2. The van der Waals surface area contributed by atoms with Crippen molar-refractivity contribution < 1.29 is 9.18 Å². The van der Waals surface area contributed by atoms with Crippen LogP contribution in [0.1, 0.15) is 21.5 Å². The molecule has 20 heavy (non-hydrogen) atoms. The molecule has 0 unspecified atom stereocenters. The number of carbonyl (C=O) groups excluding carboxylic acids is 1. The van der Waals surface area contributed by atoms with E-state index in [1.807, 2.05) is 24.3 Å². The second-order valence-corrected chi connectivity index (χ2v) is 5.38. The number of hydrogen-bond acceptors (Lipinski definition) is 1. The van der Waals surface area contributed by atoms with Gasteiger partial charge in [0.25, 0.3) is 5.91 Å². The number of amides is 1. The molecule has 0 heterocycles. The Balaban J connectivity index is 2.00. The van der Waals surface area contributed by atoms with Gasteiger partial charge in [-0.05, 0) is 45.3 Å². The molecule has 0 bridgehead atoms. The SMILES string of the molecule is O=C(NCc1ccc(CCl)cc1)c1ccc(F)cc1Br. The van der Waals surface area contributed by atoms with Crippen molar-refractivity contribution in [2.45, 2.75) is 12.4 Å². The van der Waals surface area contributed by atoms with Crippen molar-refractivity contribution in [3.8, 4) is 0 Å². The van der Waals surface area contributed by atoms with Crippen molar-refractivity contribution in [2.24, 2.45) is 0 Å². The summed E-state index contributed by atoms with van der Waals surface area (Å²) in [4.78, 5) is 12.0. The van der Waals surface area contributed by atoms with Gasteiger partial charge >= 0.3 is 0 Å². The highest BCUT2D eigenvalue weighted by molar-refractivity contribution is 9.10. The van der Waals surface area contributed by atoms with Gasteiger partial charge in [0.1, 0.15) is 5.82 Å². The minimum absolute atomic E-state index is 0.252. The zero-order valence-corrected chi connectivity index (χ0v) is 12.8. The van der Waals surface area contributed by atoms with Crippen molar-refractivity contribution in [1.29, 1.82) is 0 Å². The molecule has 2 rings (SSSR count). The van der Waals surface area contributed by atoms with Gasteiger partial charge in [-0.3, -0.25) is 4.79 Å². The van der Waals surface area contributed by atoms with E-state index in [1.165, 1.54) is 18.2 Å². The first-order valence-corrected chi connectivity index (χ1v) is 7.30. The third kappa shape index (κ3) is 3.81. The minimum atomic E-state index is -0.384. The summed E-state index contributed by atoms with van der Waals surface area (Å²) in [5, 5.41) is 2.79. The van der Waals surface area contributed by atoms with E-state index in [2.05, 4.69) is 21.2 Å². The maximum absolute atomic E-state index is 13.0. The lowest BCUT2D eigenvalue weighted by Gasteiger charge is -2.07. The van der Waals surface area contributed by atoms with E-state index in [0.717, 1.165) is 11.1 Å². The second-order valence-electron chi connectivity index (χ2n) is 4.26. The van der Waals surface area contributed by atoms with Crippen LogP contribution in [-0.4, -0.2) is 5.91 Å². The van der Waals surface area contributed by atoms with E-state index in [1.54, 1.807) is 0 Å². The number of alkyl halides is 1. The lowest BCUT2D eigenvalue weighted by atomic mass is 10.1. The zero-order valence-electron chi connectivity index (χ0n) is 10.5. The van der Waals surface area contributed by atoms with Crippen molar-refractivity contribution in [2.75, 3.05) is 0 Å². The van der Waals surface area contributed by atoms with Gasteiger partial charge in [0.05, 0.1) is 5.56 Å². The van der Waals surface area contributed by atoms with Crippen molar-refractivity contribution in [3.05, 3.63) is 69.4 Å². The highest BCUT2D eigenvalue weighted by atomic mass is 79.9. The molecule has 0 aliphatic carbocycles. The fraction of sp³-hybridized carbons (Fsp3) is 0.133. The molecule has 0 aromatic heterocycles. The van der Waals surface area contributed by atoms with Crippen LogP contribution >= 0.6 is 27.5 Å². The fourth-order valence-corrected chi connectivity index (χ4v) is 2.41. The van der Waals surface area contributed by atoms with E-state index in [-0.39, 0.29) is 11.7 Å². The Morgan fingerprint density at radius 3 is 2.40 bits per heavy atom. The minimum Gasteiger partial charge on any atom is -0.348 e. The fourth-order valence-electron chi connectivity index (χ4n) is 1.70. The molecular formula is C15H12BrClFNO. The van der Waals surface area contributed by atoms with Crippen molar-refractivity contribution >= 4 is 33.4 Å². The highest BCUT2D eigenvalue weighted by Crippen LogP contribution is 2.18. The van der Waals surface area contributed by atoms with E-state index in [0.29, 0.717) is 22.5 Å². The molecule has 0 saturated heterocycles. The molecule has 5 heteroatoms. The maximum Gasteiger partial charge on any atom is 0.252 e. The Morgan fingerprint density at radius 2 is 1.80 bits per heavy atom. The predicted octanol–water partition coefficient (Wildman–Crippen LogP) is 4.26. The van der Waals surface area contributed by atoms with Crippen LogP contribution in [0.3, 0.4) is 0 Å². The van der Waals surface area contributed by atoms with Crippen LogP contribution in [0.15, 0.2) is 46.9 Å². The first-order chi connectivity index (χ1) is 9.60. The van der Waals surface area contributed by atoms with E-state index >= 15 is 0 Å². The quantitative estimate of drug-likeness (QED) is 0.815. The summed E-state index contributed by atoms with van der Waals surface area (Å²) in [6.07, 6.45) is 0. The molecule has 104 valence electrons. The molecule has 2 aromatic carbocycles. The number of halogens is 3. The van der Waals surface area contributed by atoms with E-state index < -0.39 is 0 Å². The Bertz CT molecular complexity index is 616. The van der Waals surface area contributed by atoms with Crippen LogP contribution in [0.5, 0.6) is 0 Å². The van der Waals surface area contributed by atoms with Crippen LogP contribution < -0.4 is 5.32 Å². The molecule has 0 radical (unpaired) electrons. The number of carbonyl (C=O) groups is 1. The van der Waals surface area contributed by atoms with Gasteiger partial charge in [-0.15, -0.1) is 11.6 Å². The standard InChI is InChI=1S/C15H12BrClFNO/c16-14-7-12(18)5-6-13(14)15(20)19-9-11-3-1-10(8-17)2-4-11/h1-7H,8-9H2,(H,19,20). The lowest BCUT2D eigenvalue weighted by molar-refractivity contribution is 0.0950. The van der Waals surface area contributed by atoms with Crippen LogP contribution in [0.25, 0.3) is 0 Å². The zero-order chi connectivity index (χ0) is 14.5. The molecule has 1 N–H and O–H groups in total. The average Bonchev–Trinajstić information content (AvgIpc) is 2.45. The van der Waals surface area contributed by atoms with Gasteiger partial charge in [0, 0.05) is 16.9 Å². The van der Waals surface area contributed by atoms with Gasteiger partial charge in [0.15, 0.2) is 0 Å². The molecule has 0 atom stereocenters. The highest BCUT2D eigenvalue weighted by Gasteiger charge is 2.10.